The Balaban J connectivity index is 0.000000154. The van der Waals surface area contributed by atoms with E-state index in [4.69, 9.17) is 4.98 Å². The quantitative estimate of drug-likeness (QED) is 0.249. The minimum Gasteiger partial charge on any atom is -0.292 e. The second-order valence-corrected chi connectivity index (χ2v) is 11.5. The molecule has 1 amide bonds. The maximum Gasteiger partial charge on any atom is 0.236 e. The second kappa shape index (κ2) is 13.7. The number of amides is 1. The molecule has 0 bridgehead atoms. The van der Waals surface area contributed by atoms with Crippen LogP contribution in [0.3, 0.4) is 0 Å². The first-order chi connectivity index (χ1) is 23.5. The Hall–Kier alpha value is -6.17. The van der Waals surface area contributed by atoms with Crippen LogP contribution in [0.5, 0.6) is 0 Å². The van der Waals surface area contributed by atoms with Crippen LogP contribution in [-0.4, -0.2) is 56.9 Å². The molecule has 0 aromatic carbocycles. The van der Waals surface area contributed by atoms with Gasteiger partial charge in [-0.05, 0) is 79.6 Å². The lowest BCUT2D eigenvalue weighted by molar-refractivity contribution is -0.118. The molecule has 0 unspecified atom stereocenters. The van der Waals surface area contributed by atoms with Crippen LogP contribution < -0.4 is 5.43 Å². The lowest BCUT2D eigenvalue weighted by atomic mass is 9.94. The van der Waals surface area contributed by atoms with E-state index in [1.54, 1.807) is 46.5 Å². The Kier molecular flexibility index (Phi) is 8.68. The topological polar surface area (TPSA) is 146 Å². The lowest BCUT2D eigenvalue weighted by Crippen LogP contribution is -2.21. The van der Waals surface area contributed by atoms with Crippen molar-refractivity contribution in [2.45, 2.75) is 45.4 Å². The van der Waals surface area contributed by atoms with Crippen LogP contribution >= 0.6 is 0 Å². The molecule has 0 aliphatic heterocycles. The summed E-state index contributed by atoms with van der Waals surface area (Å²) in [6, 6.07) is 15.7. The van der Waals surface area contributed by atoms with Crippen molar-refractivity contribution in [3.8, 4) is 33.9 Å². The first-order valence-corrected chi connectivity index (χ1v) is 15.8. The molecule has 6 aromatic rings. The highest BCUT2D eigenvalue weighted by Gasteiger charge is 2.20. The third-order valence-corrected chi connectivity index (χ3v) is 8.13. The van der Waals surface area contributed by atoms with E-state index in [-0.39, 0.29) is 11.7 Å². The molecule has 0 spiro atoms. The highest BCUT2D eigenvalue weighted by atomic mass is 16.2. The fourth-order valence-electron chi connectivity index (χ4n) is 5.74. The summed E-state index contributed by atoms with van der Waals surface area (Å²) in [4.78, 5) is 40.7. The number of Topliss-reactive ketones (excluding diaryl/α,β-unsaturated/α-hetero) is 1. The minimum atomic E-state index is -0.182. The molecule has 6 aromatic heterocycles. The fourth-order valence-corrected chi connectivity index (χ4v) is 5.74. The Morgan fingerprint density at radius 1 is 0.708 bits per heavy atom. The summed E-state index contributed by atoms with van der Waals surface area (Å²) >= 11 is 0. The van der Waals surface area contributed by atoms with Crippen molar-refractivity contribution >= 4 is 17.4 Å². The zero-order valence-corrected chi connectivity index (χ0v) is 26.3. The third-order valence-electron chi connectivity index (χ3n) is 8.13. The van der Waals surface area contributed by atoms with Gasteiger partial charge in [-0.1, -0.05) is 12.1 Å². The van der Waals surface area contributed by atoms with Gasteiger partial charge in [0.05, 0.1) is 59.0 Å². The largest absolute Gasteiger partial charge is 0.292 e. The number of fused-ring (bicyclic) bond motifs is 2. The van der Waals surface area contributed by atoms with Crippen LogP contribution in [0.1, 0.15) is 59.9 Å². The molecule has 12 nitrogen and oxygen atoms in total. The van der Waals surface area contributed by atoms with Gasteiger partial charge in [-0.2, -0.15) is 15.3 Å². The van der Waals surface area contributed by atoms with E-state index in [0.29, 0.717) is 12.1 Å². The average Bonchev–Trinajstić information content (AvgIpc) is 3.83. The number of aryl methyl sites for hydroxylation is 2. The zero-order chi connectivity index (χ0) is 32.9. The summed E-state index contributed by atoms with van der Waals surface area (Å²) in [5.74, 6) is -0.0405. The van der Waals surface area contributed by atoms with Crippen LogP contribution in [0.15, 0.2) is 103 Å². The monoisotopic (exact) mass is 636 g/mol. The number of hydrogen-bond donors (Lipinski definition) is 1. The van der Waals surface area contributed by atoms with Crippen molar-refractivity contribution in [3.05, 3.63) is 121 Å². The van der Waals surface area contributed by atoms with Crippen molar-refractivity contribution in [3.63, 3.8) is 0 Å². The summed E-state index contributed by atoms with van der Waals surface area (Å²) in [5, 5.41) is 13.0. The van der Waals surface area contributed by atoms with E-state index < -0.39 is 0 Å². The van der Waals surface area contributed by atoms with Gasteiger partial charge in [-0.25, -0.2) is 24.8 Å². The number of nitrogens with zero attached hydrogens (tertiary/aromatic N) is 9. The van der Waals surface area contributed by atoms with Gasteiger partial charge in [0.15, 0.2) is 5.78 Å². The summed E-state index contributed by atoms with van der Waals surface area (Å²) in [7, 11) is 0. The normalized spacial score (nSPS) is 14.4. The molecular weight excluding hydrogens is 604 g/mol. The van der Waals surface area contributed by atoms with Crippen molar-refractivity contribution in [2.75, 3.05) is 0 Å². The van der Waals surface area contributed by atoms with Gasteiger partial charge in [0.25, 0.3) is 0 Å². The Morgan fingerprint density at radius 3 is 1.83 bits per heavy atom. The average molecular weight is 637 g/mol. The molecule has 0 saturated heterocycles. The van der Waals surface area contributed by atoms with Gasteiger partial charge in [0.1, 0.15) is 5.69 Å². The maximum atomic E-state index is 12.0. The molecule has 12 heteroatoms. The maximum absolute atomic E-state index is 12.0. The van der Waals surface area contributed by atoms with Crippen LogP contribution in [0.4, 0.5) is 0 Å². The van der Waals surface area contributed by atoms with Gasteiger partial charge < -0.3 is 0 Å². The van der Waals surface area contributed by atoms with Crippen molar-refractivity contribution in [1.29, 1.82) is 0 Å². The Morgan fingerprint density at radius 2 is 1.27 bits per heavy atom. The highest BCUT2D eigenvalue weighted by Crippen LogP contribution is 2.26. The number of nitrogens with one attached hydrogen (secondary N) is 1. The number of pyridine rings is 4. The standard InChI is InChI=1S/C19H18N6O.C17H14N4O/c1-13(26)23-24-18-6-2-4-14-7-8-17(22-19(14)18)15-10-21-25(12-15)16-5-3-9-20-11-16;22-16-5-1-3-12-6-7-15(20-17(12)16)13-9-19-21(11-13)14-4-2-8-18-10-14/h3,5,7-12H,2,4,6H2,1H3,(H,23,26);2,4,6-11H,1,3,5H2/b24-18+;. The molecule has 8 rings (SSSR count). The number of carbonyl (C=O) groups is 2. The molecule has 0 fully saturated rings. The second-order valence-electron chi connectivity index (χ2n) is 11.5. The Bertz CT molecular complexity index is 2120. The zero-order valence-electron chi connectivity index (χ0n) is 26.3. The van der Waals surface area contributed by atoms with Crippen LogP contribution in [0.2, 0.25) is 0 Å². The van der Waals surface area contributed by atoms with Crippen molar-refractivity contribution in [2.24, 2.45) is 5.10 Å². The molecule has 238 valence electrons. The molecular formula is C36H32N10O2. The van der Waals surface area contributed by atoms with E-state index in [2.05, 4.69) is 41.7 Å². The number of aromatic nitrogens is 8. The van der Waals surface area contributed by atoms with Crippen molar-refractivity contribution < 1.29 is 9.59 Å². The molecule has 0 radical (unpaired) electrons. The first kappa shape index (κ1) is 30.5. The van der Waals surface area contributed by atoms with Gasteiger partial charge in [0, 0.05) is 49.3 Å². The first-order valence-electron chi connectivity index (χ1n) is 15.8. The summed E-state index contributed by atoms with van der Waals surface area (Å²) in [6.07, 6.45) is 19.6. The van der Waals surface area contributed by atoms with Gasteiger partial charge in [-0.3, -0.25) is 19.6 Å². The van der Waals surface area contributed by atoms with Crippen LogP contribution in [0, 0.1) is 0 Å². The van der Waals surface area contributed by atoms with E-state index in [1.165, 1.54) is 6.92 Å². The lowest BCUT2D eigenvalue weighted by Gasteiger charge is -2.17. The molecule has 6 heterocycles. The third kappa shape index (κ3) is 6.68. The molecule has 2 aliphatic carbocycles. The molecule has 2 aliphatic rings. The van der Waals surface area contributed by atoms with Crippen LogP contribution in [-0.2, 0) is 17.6 Å². The fraction of sp³-hybridized carbons (Fsp3) is 0.194. The van der Waals surface area contributed by atoms with E-state index in [1.807, 2.05) is 54.9 Å². The number of hydrazone groups is 1. The van der Waals surface area contributed by atoms with Gasteiger partial charge >= 0.3 is 0 Å². The van der Waals surface area contributed by atoms with Gasteiger partial charge in [0.2, 0.25) is 5.91 Å². The van der Waals surface area contributed by atoms with E-state index >= 15 is 0 Å². The predicted octanol–water partition coefficient (Wildman–Crippen LogP) is 5.35. The number of hydrogen-bond acceptors (Lipinski definition) is 9. The van der Waals surface area contributed by atoms with Gasteiger partial charge in [-0.15, -0.1) is 0 Å². The predicted molar refractivity (Wildman–Crippen MR) is 180 cm³/mol. The molecule has 0 saturated carbocycles. The molecule has 0 atom stereocenters. The molecule has 1 N–H and O–H groups in total. The Labute approximate surface area is 276 Å². The smallest absolute Gasteiger partial charge is 0.236 e. The highest BCUT2D eigenvalue weighted by molar-refractivity contribution is 6.02. The molecule has 48 heavy (non-hydrogen) atoms. The number of ketones is 1. The van der Waals surface area contributed by atoms with Crippen LogP contribution in [0.25, 0.3) is 33.9 Å². The van der Waals surface area contributed by atoms with Crippen molar-refractivity contribution in [1.82, 2.24) is 44.9 Å². The van der Waals surface area contributed by atoms with E-state index in [0.717, 1.165) is 88.5 Å². The number of rotatable bonds is 5. The summed E-state index contributed by atoms with van der Waals surface area (Å²) < 4.78 is 3.53. The minimum absolute atomic E-state index is 0.141. The summed E-state index contributed by atoms with van der Waals surface area (Å²) in [6.45, 7) is 1.45. The number of carbonyl (C=O) groups excluding carboxylic acids is 2. The SMILES string of the molecule is CC(=O)N/N=C1\CCCc2ccc(-c3cnn(-c4cccnc4)c3)nc21.O=C1CCCc2ccc(-c3cnn(-c4cccnc4)c3)nc21. The summed E-state index contributed by atoms with van der Waals surface area (Å²) in [5.41, 5.74) is 12.2. The van der Waals surface area contributed by atoms with E-state index in [9.17, 15) is 9.59 Å².